The van der Waals surface area contributed by atoms with E-state index in [1.54, 1.807) is 0 Å². The molecule has 0 aliphatic heterocycles. The second-order valence-electron chi connectivity index (χ2n) is 2.83. The van der Waals surface area contributed by atoms with Gasteiger partial charge in [0.25, 0.3) is 0 Å². The van der Waals surface area contributed by atoms with Gasteiger partial charge in [0, 0.05) is 13.0 Å². The molecular formula is C10H12N2O3. The maximum Gasteiger partial charge on any atom is 0.196 e. The summed E-state index contributed by atoms with van der Waals surface area (Å²) in [4.78, 5) is 7.51. The average Bonchev–Trinajstić information content (AvgIpc) is 2.25. The summed E-state index contributed by atoms with van der Waals surface area (Å²) >= 11 is 0. The molecule has 3 N–H and O–H groups in total. The van der Waals surface area contributed by atoms with Gasteiger partial charge in [0.05, 0.1) is 0 Å². The standard InChI is InChI=1S/C10H12N2O3/c13-5-3-1-2-4-8-6-9(10(14)15)12-7-11-8/h6-7,10,13-15H,1,3,5H2. The van der Waals surface area contributed by atoms with Crippen molar-refractivity contribution in [2.75, 3.05) is 6.61 Å². The molecule has 0 bridgehead atoms. The van der Waals surface area contributed by atoms with Crippen molar-refractivity contribution in [1.29, 1.82) is 0 Å². The first-order valence-electron chi connectivity index (χ1n) is 4.52. The van der Waals surface area contributed by atoms with Gasteiger partial charge in [0.2, 0.25) is 0 Å². The van der Waals surface area contributed by atoms with Crippen LogP contribution in [-0.2, 0) is 0 Å². The molecule has 0 atom stereocenters. The van der Waals surface area contributed by atoms with Crippen molar-refractivity contribution in [3.63, 3.8) is 0 Å². The van der Waals surface area contributed by atoms with Crippen LogP contribution in [0.15, 0.2) is 12.4 Å². The minimum Gasteiger partial charge on any atom is -0.396 e. The smallest absolute Gasteiger partial charge is 0.196 e. The lowest BCUT2D eigenvalue weighted by Crippen LogP contribution is -2.00. The number of unbranched alkanes of at least 4 members (excludes halogenated alkanes) is 1. The topological polar surface area (TPSA) is 86.5 Å². The van der Waals surface area contributed by atoms with Crippen LogP contribution in [0.3, 0.4) is 0 Å². The number of nitrogens with zero attached hydrogens (tertiary/aromatic N) is 2. The Morgan fingerprint density at radius 1 is 1.33 bits per heavy atom. The first kappa shape index (κ1) is 11.6. The number of rotatable bonds is 3. The highest BCUT2D eigenvalue weighted by Gasteiger charge is 2.03. The molecule has 0 aliphatic carbocycles. The molecule has 0 radical (unpaired) electrons. The van der Waals surface area contributed by atoms with E-state index in [0.717, 1.165) is 0 Å². The molecule has 80 valence electrons. The molecule has 1 heterocycles. The molecule has 0 amide bonds. The van der Waals surface area contributed by atoms with E-state index in [2.05, 4.69) is 21.8 Å². The Morgan fingerprint density at radius 2 is 2.13 bits per heavy atom. The van der Waals surface area contributed by atoms with Crippen molar-refractivity contribution in [2.45, 2.75) is 19.1 Å². The van der Waals surface area contributed by atoms with Crippen LogP contribution < -0.4 is 0 Å². The molecule has 1 aromatic heterocycles. The molecule has 0 saturated heterocycles. The maximum atomic E-state index is 8.84. The predicted molar refractivity (Wildman–Crippen MR) is 52.4 cm³/mol. The Kier molecular flexibility index (Phi) is 4.71. The fraction of sp³-hybridized carbons (Fsp3) is 0.400. The highest BCUT2D eigenvalue weighted by atomic mass is 16.5. The lowest BCUT2D eigenvalue weighted by Gasteiger charge is -2.00. The van der Waals surface area contributed by atoms with Gasteiger partial charge in [-0.1, -0.05) is 5.92 Å². The highest BCUT2D eigenvalue weighted by molar-refractivity contribution is 5.28. The van der Waals surface area contributed by atoms with Crippen molar-refractivity contribution < 1.29 is 15.3 Å². The molecule has 15 heavy (non-hydrogen) atoms. The number of hydrogen-bond acceptors (Lipinski definition) is 5. The summed E-state index contributed by atoms with van der Waals surface area (Å²) in [6.07, 6.45) is 0.821. The normalized spacial score (nSPS) is 9.87. The maximum absolute atomic E-state index is 8.84. The Balaban J connectivity index is 2.67. The summed E-state index contributed by atoms with van der Waals surface area (Å²) in [7, 11) is 0. The summed E-state index contributed by atoms with van der Waals surface area (Å²) in [6.45, 7) is 0.110. The van der Waals surface area contributed by atoms with Crippen molar-refractivity contribution in [3.8, 4) is 11.8 Å². The molecule has 1 aromatic rings. The lowest BCUT2D eigenvalue weighted by molar-refractivity contribution is -0.0459. The summed E-state index contributed by atoms with van der Waals surface area (Å²) in [6, 6.07) is 1.41. The van der Waals surface area contributed by atoms with Gasteiger partial charge in [0.1, 0.15) is 17.7 Å². The van der Waals surface area contributed by atoms with E-state index in [-0.39, 0.29) is 12.3 Å². The number of aliphatic hydroxyl groups excluding tert-OH is 2. The van der Waals surface area contributed by atoms with Crippen molar-refractivity contribution in [3.05, 3.63) is 23.8 Å². The van der Waals surface area contributed by atoms with Crippen molar-refractivity contribution in [1.82, 2.24) is 9.97 Å². The molecule has 5 heteroatoms. The van der Waals surface area contributed by atoms with Gasteiger partial charge in [-0.2, -0.15) is 0 Å². The van der Waals surface area contributed by atoms with Crippen molar-refractivity contribution in [2.24, 2.45) is 0 Å². The third-order valence-corrected chi connectivity index (χ3v) is 1.63. The van der Waals surface area contributed by atoms with E-state index in [1.165, 1.54) is 12.4 Å². The number of aromatic nitrogens is 2. The van der Waals surface area contributed by atoms with E-state index in [0.29, 0.717) is 18.5 Å². The Morgan fingerprint density at radius 3 is 2.80 bits per heavy atom. The molecule has 0 saturated carbocycles. The molecule has 0 fully saturated rings. The van der Waals surface area contributed by atoms with Crippen LogP contribution in [0.4, 0.5) is 0 Å². The van der Waals surface area contributed by atoms with Gasteiger partial charge >= 0.3 is 0 Å². The summed E-state index contributed by atoms with van der Waals surface area (Å²) in [5, 5.41) is 26.2. The summed E-state index contributed by atoms with van der Waals surface area (Å²) < 4.78 is 0. The third kappa shape index (κ3) is 4.04. The van der Waals surface area contributed by atoms with Crippen LogP contribution in [0.5, 0.6) is 0 Å². The lowest BCUT2D eigenvalue weighted by atomic mass is 10.3. The minimum absolute atomic E-state index is 0.110. The quantitative estimate of drug-likeness (QED) is 0.357. The van der Waals surface area contributed by atoms with Gasteiger partial charge in [-0.25, -0.2) is 9.97 Å². The van der Waals surface area contributed by atoms with Crippen LogP contribution in [0.25, 0.3) is 0 Å². The van der Waals surface area contributed by atoms with Gasteiger partial charge < -0.3 is 15.3 Å². The second-order valence-corrected chi connectivity index (χ2v) is 2.83. The van der Waals surface area contributed by atoms with Crippen LogP contribution in [-0.4, -0.2) is 31.9 Å². The van der Waals surface area contributed by atoms with Gasteiger partial charge in [0.15, 0.2) is 6.29 Å². The van der Waals surface area contributed by atoms with Crippen LogP contribution in [0.2, 0.25) is 0 Å². The SMILES string of the molecule is OCCCC#Cc1cc(C(O)O)ncn1. The summed E-state index contributed by atoms with van der Waals surface area (Å²) in [5.74, 6) is 5.55. The van der Waals surface area contributed by atoms with E-state index in [4.69, 9.17) is 15.3 Å². The van der Waals surface area contributed by atoms with Crippen LogP contribution >= 0.6 is 0 Å². The molecule has 5 nitrogen and oxygen atoms in total. The predicted octanol–water partition coefficient (Wildman–Crippen LogP) is -0.416. The van der Waals surface area contributed by atoms with E-state index < -0.39 is 6.29 Å². The zero-order chi connectivity index (χ0) is 11.1. The van der Waals surface area contributed by atoms with E-state index >= 15 is 0 Å². The highest BCUT2D eigenvalue weighted by Crippen LogP contribution is 2.05. The van der Waals surface area contributed by atoms with Gasteiger partial charge in [-0.05, 0) is 18.4 Å². The van der Waals surface area contributed by atoms with Crippen LogP contribution in [0.1, 0.15) is 30.5 Å². The molecule has 1 rings (SSSR count). The number of aliphatic hydroxyl groups is 3. The number of hydrogen-bond donors (Lipinski definition) is 3. The fourth-order valence-corrected chi connectivity index (χ4v) is 0.902. The first-order chi connectivity index (χ1) is 7.24. The Bertz CT molecular complexity index is 368. The average molecular weight is 208 g/mol. The Hall–Kier alpha value is -1.48. The zero-order valence-electron chi connectivity index (χ0n) is 8.09. The Labute approximate surface area is 87.4 Å². The second kappa shape index (κ2) is 6.09. The summed E-state index contributed by atoms with van der Waals surface area (Å²) in [5.41, 5.74) is 0.558. The monoisotopic (exact) mass is 208 g/mol. The molecule has 0 aliphatic rings. The van der Waals surface area contributed by atoms with Crippen LogP contribution in [0, 0.1) is 11.8 Å². The molecular weight excluding hydrogens is 196 g/mol. The van der Waals surface area contributed by atoms with E-state index in [1.807, 2.05) is 0 Å². The van der Waals surface area contributed by atoms with Crippen molar-refractivity contribution >= 4 is 0 Å². The third-order valence-electron chi connectivity index (χ3n) is 1.63. The van der Waals surface area contributed by atoms with E-state index in [9.17, 15) is 0 Å². The van der Waals surface area contributed by atoms with Gasteiger partial charge in [-0.3, -0.25) is 0 Å². The fourth-order valence-electron chi connectivity index (χ4n) is 0.902. The first-order valence-corrected chi connectivity index (χ1v) is 4.52. The molecule has 0 spiro atoms. The zero-order valence-corrected chi connectivity index (χ0v) is 8.09. The molecule has 0 aromatic carbocycles. The minimum atomic E-state index is -1.61. The van der Waals surface area contributed by atoms with Gasteiger partial charge in [-0.15, -0.1) is 0 Å². The molecule has 0 unspecified atom stereocenters. The largest absolute Gasteiger partial charge is 0.396 e.